The molecule has 1 atom stereocenters. The number of fused-ring (bicyclic) bond motifs is 3. The lowest BCUT2D eigenvalue weighted by molar-refractivity contribution is -0.146. The van der Waals surface area contributed by atoms with E-state index in [2.05, 4.69) is 20.9 Å². The second-order valence-corrected chi connectivity index (χ2v) is 7.88. The van der Waals surface area contributed by atoms with E-state index in [0.717, 1.165) is 32.7 Å². The van der Waals surface area contributed by atoms with Gasteiger partial charge in [-0.2, -0.15) is 0 Å². The van der Waals surface area contributed by atoms with Crippen LogP contribution in [0, 0.1) is 13.8 Å². The number of rotatable bonds is 2. The van der Waals surface area contributed by atoms with E-state index in [1.54, 1.807) is 0 Å². The van der Waals surface area contributed by atoms with Gasteiger partial charge in [-0.3, -0.25) is 9.36 Å². The molecule has 0 saturated heterocycles. The van der Waals surface area contributed by atoms with Gasteiger partial charge in [0.25, 0.3) is 6.23 Å². The quantitative estimate of drug-likeness (QED) is 0.489. The van der Waals surface area contributed by atoms with Gasteiger partial charge in [0.05, 0.1) is 17.1 Å². The predicted octanol–water partition coefficient (Wildman–Crippen LogP) is 5.32. The number of hydrogen-bond donors (Lipinski definition) is 0. The lowest BCUT2D eigenvalue weighted by atomic mass is 10.0. The average Bonchev–Trinajstić information content (AvgIpc) is 2.87. The number of imidazole rings is 1. The van der Waals surface area contributed by atoms with Gasteiger partial charge in [-0.1, -0.05) is 45.7 Å². The molecule has 0 radical (unpaired) electrons. The van der Waals surface area contributed by atoms with Crippen LogP contribution in [0.1, 0.15) is 41.5 Å². The van der Waals surface area contributed by atoms with Crippen LogP contribution in [0.5, 0.6) is 0 Å². The maximum absolute atomic E-state index is 11.8. The zero-order valence-electron chi connectivity index (χ0n) is 15.5. The molecule has 0 aliphatic carbocycles. The van der Waals surface area contributed by atoms with Gasteiger partial charge < -0.3 is 4.74 Å². The number of benzene rings is 2. The Hall–Kier alpha value is -2.44. The number of carbonyl (C=O) groups is 1. The second kappa shape index (κ2) is 7.18. The number of carbonyl (C=O) groups excluding carboxylic acids is 1. The van der Waals surface area contributed by atoms with Gasteiger partial charge in [0, 0.05) is 33.2 Å². The van der Waals surface area contributed by atoms with E-state index in [0.29, 0.717) is 16.6 Å². The lowest BCUT2D eigenvalue weighted by Crippen LogP contribution is -2.12. The molecule has 2 heterocycles. The maximum atomic E-state index is 11.8. The average molecular weight is 459 g/mol. The summed E-state index contributed by atoms with van der Waals surface area (Å²) in [6.45, 7) is 5.29. The van der Waals surface area contributed by atoms with Crippen molar-refractivity contribution in [3.63, 3.8) is 0 Å². The number of aliphatic imine (C=N–C) groups is 1. The van der Waals surface area contributed by atoms with Crippen molar-refractivity contribution in [2.45, 2.75) is 27.0 Å². The SMILES string of the molecule is CC(=O)OC1N=C(c2ccccc2Cl)c2cc(Br)ccc2-n2c1nc(C)c2C. The zero-order chi connectivity index (χ0) is 20.0. The highest BCUT2D eigenvalue weighted by atomic mass is 79.9. The molecule has 1 aliphatic rings. The molecule has 0 saturated carbocycles. The molecule has 3 aromatic rings. The third-order valence-corrected chi connectivity index (χ3v) is 5.52. The Morgan fingerprint density at radius 1 is 1.18 bits per heavy atom. The Balaban J connectivity index is 2.08. The Morgan fingerprint density at radius 2 is 1.93 bits per heavy atom. The van der Waals surface area contributed by atoms with Crippen molar-refractivity contribution in [2.24, 2.45) is 4.99 Å². The number of nitrogens with zero attached hydrogens (tertiary/aromatic N) is 3. The fraction of sp³-hybridized carbons (Fsp3) is 0.190. The lowest BCUT2D eigenvalue weighted by Gasteiger charge is -2.14. The van der Waals surface area contributed by atoms with E-state index in [-0.39, 0.29) is 0 Å². The molecule has 0 fully saturated rings. The predicted molar refractivity (Wildman–Crippen MR) is 112 cm³/mol. The van der Waals surface area contributed by atoms with Gasteiger partial charge in [-0.15, -0.1) is 0 Å². The largest absolute Gasteiger partial charge is 0.432 e. The molecule has 0 N–H and O–H groups in total. The minimum atomic E-state index is -0.873. The van der Waals surface area contributed by atoms with Crippen molar-refractivity contribution in [2.75, 3.05) is 0 Å². The van der Waals surface area contributed by atoms with Gasteiger partial charge >= 0.3 is 5.97 Å². The smallest absolute Gasteiger partial charge is 0.304 e. The van der Waals surface area contributed by atoms with Crippen LogP contribution < -0.4 is 0 Å². The van der Waals surface area contributed by atoms with Crippen LogP contribution in [0.4, 0.5) is 0 Å². The van der Waals surface area contributed by atoms with Crippen molar-refractivity contribution < 1.29 is 9.53 Å². The summed E-state index contributed by atoms with van der Waals surface area (Å²) in [4.78, 5) is 21.3. The molecule has 2 aromatic carbocycles. The van der Waals surface area contributed by atoms with Gasteiger partial charge in [0.1, 0.15) is 0 Å². The number of aryl methyl sites for hydroxylation is 1. The monoisotopic (exact) mass is 457 g/mol. The first-order valence-corrected chi connectivity index (χ1v) is 9.90. The number of aromatic nitrogens is 2. The number of esters is 1. The summed E-state index contributed by atoms with van der Waals surface area (Å²) < 4.78 is 8.46. The van der Waals surface area contributed by atoms with Crippen LogP contribution in [-0.2, 0) is 9.53 Å². The van der Waals surface area contributed by atoms with Crippen molar-refractivity contribution in [1.29, 1.82) is 0 Å². The van der Waals surface area contributed by atoms with E-state index in [9.17, 15) is 4.79 Å². The van der Waals surface area contributed by atoms with E-state index >= 15 is 0 Å². The topological polar surface area (TPSA) is 56.5 Å². The number of hydrogen-bond acceptors (Lipinski definition) is 4. The first-order chi connectivity index (χ1) is 13.4. The van der Waals surface area contributed by atoms with E-state index in [4.69, 9.17) is 21.3 Å². The van der Waals surface area contributed by atoms with E-state index in [1.165, 1.54) is 6.92 Å². The van der Waals surface area contributed by atoms with Crippen LogP contribution in [0.3, 0.4) is 0 Å². The third-order valence-electron chi connectivity index (χ3n) is 4.70. The van der Waals surface area contributed by atoms with Gasteiger partial charge in [-0.25, -0.2) is 9.98 Å². The van der Waals surface area contributed by atoms with Crippen molar-refractivity contribution in [3.05, 3.63) is 80.3 Å². The highest BCUT2D eigenvalue weighted by molar-refractivity contribution is 9.10. The van der Waals surface area contributed by atoms with Crippen molar-refractivity contribution in [1.82, 2.24) is 9.55 Å². The maximum Gasteiger partial charge on any atom is 0.304 e. The van der Waals surface area contributed by atoms with Gasteiger partial charge in [-0.05, 0) is 38.1 Å². The van der Waals surface area contributed by atoms with Crippen LogP contribution in [-0.4, -0.2) is 21.2 Å². The van der Waals surface area contributed by atoms with Crippen LogP contribution >= 0.6 is 27.5 Å². The summed E-state index contributed by atoms with van der Waals surface area (Å²) in [5.74, 6) is 0.139. The Morgan fingerprint density at radius 3 is 2.64 bits per heavy atom. The van der Waals surface area contributed by atoms with Gasteiger partial charge in [0.2, 0.25) is 0 Å². The van der Waals surface area contributed by atoms with Gasteiger partial charge in [0.15, 0.2) is 5.82 Å². The molecule has 4 rings (SSSR count). The fourth-order valence-corrected chi connectivity index (χ4v) is 3.93. The Kier molecular flexibility index (Phi) is 4.85. The molecular formula is C21H17BrClN3O2. The molecule has 0 spiro atoms. The van der Waals surface area contributed by atoms with Crippen molar-refractivity contribution in [3.8, 4) is 5.69 Å². The molecule has 5 nitrogen and oxygen atoms in total. The highest BCUT2D eigenvalue weighted by Crippen LogP contribution is 2.35. The summed E-state index contributed by atoms with van der Waals surface area (Å²) in [5, 5.41) is 0.571. The molecule has 0 amide bonds. The fourth-order valence-electron chi connectivity index (χ4n) is 3.35. The summed E-state index contributed by atoms with van der Waals surface area (Å²) in [7, 11) is 0. The Bertz CT molecular complexity index is 1140. The molecule has 1 aromatic heterocycles. The molecule has 1 aliphatic heterocycles. The number of halogens is 2. The molecular weight excluding hydrogens is 442 g/mol. The minimum absolute atomic E-state index is 0.427. The molecule has 28 heavy (non-hydrogen) atoms. The van der Waals surface area contributed by atoms with Crippen molar-refractivity contribution >= 4 is 39.2 Å². The highest BCUT2D eigenvalue weighted by Gasteiger charge is 2.30. The van der Waals surface area contributed by atoms with E-state index in [1.807, 2.05) is 60.9 Å². The summed E-state index contributed by atoms with van der Waals surface area (Å²) in [6.07, 6.45) is -0.873. The molecule has 0 bridgehead atoms. The van der Waals surface area contributed by atoms with Crippen LogP contribution in [0.2, 0.25) is 5.02 Å². The zero-order valence-corrected chi connectivity index (χ0v) is 17.9. The summed E-state index contributed by atoms with van der Waals surface area (Å²) >= 11 is 10.0. The minimum Gasteiger partial charge on any atom is -0.432 e. The van der Waals surface area contributed by atoms with Crippen LogP contribution in [0.25, 0.3) is 5.69 Å². The second-order valence-electron chi connectivity index (χ2n) is 6.56. The Labute approximate surface area is 176 Å². The first-order valence-electron chi connectivity index (χ1n) is 8.73. The van der Waals surface area contributed by atoms with E-state index < -0.39 is 12.2 Å². The normalized spacial score (nSPS) is 15.3. The molecule has 1 unspecified atom stereocenters. The summed E-state index contributed by atoms with van der Waals surface area (Å²) in [6, 6.07) is 13.5. The first kappa shape index (κ1) is 18.9. The standard InChI is InChI=1S/C21H17BrClN3O2/c1-11-12(2)26-18-9-8-14(22)10-16(18)19(15-6-4-5-7-17(15)23)25-21(20(26)24-11)28-13(3)27/h4-10,21H,1-3H3. The molecule has 142 valence electrons. The number of ether oxygens (including phenoxy) is 1. The van der Waals surface area contributed by atoms with Crippen LogP contribution in [0.15, 0.2) is 51.9 Å². The molecule has 7 heteroatoms. The third kappa shape index (κ3) is 3.16. The summed E-state index contributed by atoms with van der Waals surface area (Å²) in [5.41, 5.74) is 5.02.